The zero-order valence-electron chi connectivity index (χ0n) is 10.4. The summed E-state index contributed by atoms with van der Waals surface area (Å²) in [6.45, 7) is 3.61. The Bertz CT molecular complexity index is 376. The van der Waals surface area contributed by atoms with E-state index in [9.17, 15) is 0 Å². The number of rotatable bonds is 5. The average Bonchev–Trinajstić information content (AvgIpc) is 2.82. The summed E-state index contributed by atoms with van der Waals surface area (Å²) in [4.78, 5) is 5.52. The standard InChI is InChI=1S/C13H19N3S/c1-4-7-15-13(14-3)16-10-11(2)9-12-6-5-8-17-12/h1,5-6,8,11H,7,9-10H2,2-3H3,(H2,14,15,16). The maximum Gasteiger partial charge on any atom is 0.191 e. The van der Waals surface area contributed by atoms with E-state index in [-0.39, 0.29) is 0 Å². The van der Waals surface area contributed by atoms with Gasteiger partial charge < -0.3 is 10.6 Å². The second kappa shape index (κ2) is 7.75. The minimum absolute atomic E-state index is 0.499. The van der Waals surface area contributed by atoms with Crippen molar-refractivity contribution in [3.63, 3.8) is 0 Å². The largest absolute Gasteiger partial charge is 0.356 e. The van der Waals surface area contributed by atoms with E-state index in [1.54, 1.807) is 18.4 Å². The van der Waals surface area contributed by atoms with Crippen LogP contribution >= 0.6 is 11.3 Å². The number of guanidine groups is 1. The van der Waals surface area contributed by atoms with Gasteiger partial charge in [0.05, 0.1) is 6.54 Å². The molecule has 4 heteroatoms. The van der Waals surface area contributed by atoms with Gasteiger partial charge in [-0.2, -0.15) is 0 Å². The molecule has 0 aromatic carbocycles. The topological polar surface area (TPSA) is 36.4 Å². The fourth-order valence-corrected chi connectivity index (χ4v) is 2.34. The summed E-state index contributed by atoms with van der Waals surface area (Å²) >= 11 is 1.80. The van der Waals surface area contributed by atoms with Crippen molar-refractivity contribution in [2.75, 3.05) is 20.1 Å². The number of nitrogens with one attached hydrogen (secondary N) is 2. The van der Waals surface area contributed by atoms with Gasteiger partial charge in [-0.3, -0.25) is 4.99 Å². The lowest BCUT2D eigenvalue weighted by Gasteiger charge is -2.14. The highest BCUT2D eigenvalue weighted by Gasteiger charge is 2.05. The molecule has 92 valence electrons. The third-order valence-electron chi connectivity index (χ3n) is 2.33. The molecule has 1 unspecified atom stereocenters. The molecule has 0 aliphatic rings. The highest BCUT2D eigenvalue weighted by Crippen LogP contribution is 2.13. The van der Waals surface area contributed by atoms with E-state index in [0.717, 1.165) is 18.9 Å². The first-order valence-electron chi connectivity index (χ1n) is 5.66. The molecule has 1 rings (SSSR count). The first-order chi connectivity index (χ1) is 8.26. The predicted molar refractivity (Wildman–Crippen MR) is 75.4 cm³/mol. The van der Waals surface area contributed by atoms with Crippen molar-refractivity contribution >= 4 is 17.3 Å². The van der Waals surface area contributed by atoms with Crippen LogP contribution < -0.4 is 10.6 Å². The molecule has 0 saturated heterocycles. The van der Waals surface area contributed by atoms with Crippen molar-refractivity contribution < 1.29 is 0 Å². The predicted octanol–water partition coefficient (Wildman–Crippen LogP) is 1.72. The minimum atomic E-state index is 0.499. The Kier molecular flexibility index (Phi) is 6.19. The third-order valence-corrected chi connectivity index (χ3v) is 3.23. The summed E-state index contributed by atoms with van der Waals surface area (Å²) in [6.07, 6.45) is 6.28. The Hall–Kier alpha value is -1.47. The lowest BCUT2D eigenvalue weighted by atomic mass is 10.1. The molecule has 0 bridgehead atoms. The average molecular weight is 249 g/mol. The number of terminal acetylenes is 1. The highest BCUT2D eigenvalue weighted by molar-refractivity contribution is 7.09. The van der Waals surface area contributed by atoms with Gasteiger partial charge in [-0.25, -0.2) is 0 Å². The van der Waals surface area contributed by atoms with Gasteiger partial charge in [-0.15, -0.1) is 17.8 Å². The number of hydrogen-bond acceptors (Lipinski definition) is 2. The molecule has 1 aromatic heterocycles. The molecule has 17 heavy (non-hydrogen) atoms. The maximum absolute atomic E-state index is 5.18. The maximum atomic E-state index is 5.18. The monoisotopic (exact) mass is 249 g/mol. The Labute approximate surface area is 107 Å². The van der Waals surface area contributed by atoms with E-state index in [1.807, 2.05) is 0 Å². The summed E-state index contributed by atoms with van der Waals surface area (Å²) in [5.41, 5.74) is 0. The van der Waals surface area contributed by atoms with Gasteiger partial charge in [0, 0.05) is 18.5 Å². The summed E-state index contributed by atoms with van der Waals surface area (Å²) in [6, 6.07) is 4.26. The van der Waals surface area contributed by atoms with Crippen LogP contribution in [0.5, 0.6) is 0 Å². The molecule has 0 aliphatic heterocycles. The first kappa shape index (κ1) is 13.6. The molecule has 3 nitrogen and oxygen atoms in total. The van der Waals surface area contributed by atoms with Gasteiger partial charge in [0.25, 0.3) is 0 Å². The molecule has 1 heterocycles. The molecular weight excluding hydrogens is 230 g/mol. The van der Waals surface area contributed by atoms with Crippen LogP contribution in [-0.2, 0) is 6.42 Å². The van der Waals surface area contributed by atoms with E-state index in [4.69, 9.17) is 6.42 Å². The molecule has 0 radical (unpaired) electrons. The van der Waals surface area contributed by atoms with Gasteiger partial charge in [-0.1, -0.05) is 18.9 Å². The SMILES string of the molecule is C#CCNC(=NC)NCC(C)Cc1cccs1. The van der Waals surface area contributed by atoms with Gasteiger partial charge in [-0.05, 0) is 23.8 Å². The molecule has 1 aromatic rings. The zero-order chi connectivity index (χ0) is 12.5. The van der Waals surface area contributed by atoms with E-state index >= 15 is 0 Å². The van der Waals surface area contributed by atoms with Crippen LogP contribution in [0.4, 0.5) is 0 Å². The Morgan fingerprint density at radius 3 is 3.00 bits per heavy atom. The fraction of sp³-hybridized carbons (Fsp3) is 0.462. The van der Waals surface area contributed by atoms with Crippen molar-refractivity contribution in [1.29, 1.82) is 0 Å². The fourth-order valence-electron chi connectivity index (χ4n) is 1.47. The zero-order valence-corrected chi connectivity index (χ0v) is 11.2. The molecule has 0 spiro atoms. The summed E-state index contributed by atoms with van der Waals surface area (Å²) in [5.74, 6) is 3.86. The van der Waals surface area contributed by atoms with Crippen molar-refractivity contribution in [2.24, 2.45) is 10.9 Å². The second-order valence-corrected chi connectivity index (χ2v) is 4.93. The molecule has 0 fully saturated rings. The second-order valence-electron chi connectivity index (χ2n) is 3.90. The Balaban J connectivity index is 2.27. The van der Waals surface area contributed by atoms with Crippen molar-refractivity contribution in [3.05, 3.63) is 22.4 Å². The van der Waals surface area contributed by atoms with Gasteiger partial charge in [0.1, 0.15) is 0 Å². The quantitative estimate of drug-likeness (QED) is 0.474. The smallest absolute Gasteiger partial charge is 0.191 e. The summed E-state index contributed by atoms with van der Waals surface area (Å²) in [5, 5.41) is 8.42. The Morgan fingerprint density at radius 2 is 2.41 bits per heavy atom. The van der Waals surface area contributed by atoms with Crippen LogP contribution in [0.15, 0.2) is 22.5 Å². The lowest BCUT2D eigenvalue weighted by molar-refractivity contribution is 0.563. The van der Waals surface area contributed by atoms with Crippen LogP contribution in [0.3, 0.4) is 0 Å². The van der Waals surface area contributed by atoms with Crippen LogP contribution in [0.25, 0.3) is 0 Å². The van der Waals surface area contributed by atoms with Gasteiger partial charge in [0.15, 0.2) is 5.96 Å². The van der Waals surface area contributed by atoms with Gasteiger partial charge >= 0.3 is 0 Å². The summed E-state index contributed by atoms with van der Waals surface area (Å²) < 4.78 is 0. The summed E-state index contributed by atoms with van der Waals surface area (Å²) in [7, 11) is 1.75. The number of nitrogens with zero attached hydrogens (tertiary/aromatic N) is 1. The van der Waals surface area contributed by atoms with E-state index in [1.165, 1.54) is 4.88 Å². The van der Waals surface area contributed by atoms with Crippen molar-refractivity contribution in [3.8, 4) is 12.3 Å². The number of aliphatic imine (C=N–C) groups is 1. The molecule has 0 aliphatic carbocycles. The van der Waals surface area contributed by atoms with Crippen LogP contribution in [-0.4, -0.2) is 26.1 Å². The molecule has 1 atom stereocenters. The minimum Gasteiger partial charge on any atom is -0.356 e. The Morgan fingerprint density at radius 1 is 1.59 bits per heavy atom. The molecule has 0 saturated carbocycles. The lowest BCUT2D eigenvalue weighted by Crippen LogP contribution is -2.39. The van der Waals surface area contributed by atoms with E-state index < -0.39 is 0 Å². The van der Waals surface area contributed by atoms with Crippen LogP contribution in [0, 0.1) is 18.3 Å². The molecule has 0 amide bonds. The molecular formula is C13H19N3S. The van der Waals surface area contributed by atoms with Crippen LogP contribution in [0.2, 0.25) is 0 Å². The third kappa shape index (κ3) is 5.41. The first-order valence-corrected chi connectivity index (χ1v) is 6.54. The van der Waals surface area contributed by atoms with E-state index in [0.29, 0.717) is 12.5 Å². The van der Waals surface area contributed by atoms with Crippen molar-refractivity contribution in [2.45, 2.75) is 13.3 Å². The van der Waals surface area contributed by atoms with Gasteiger partial charge in [0.2, 0.25) is 0 Å². The normalized spacial score (nSPS) is 12.9. The number of thiophene rings is 1. The van der Waals surface area contributed by atoms with E-state index in [2.05, 4.69) is 46.0 Å². The van der Waals surface area contributed by atoms with Crippen LogP contribution in [0.1, 0.15) is 11.8 Å². The number of hydrogen-bond donors (Lipinski definition) is 2. The molecule has 2 N–H and O–H groups in total. The van der Waals surface area contributed by atoms with Crippen molar-refractivity contribution in [1.82, 2.24) is 10.6 Å². The highest BCUT2D eigenvalue weighted by atomic mass is 32.1.